The number of oxazole rings is 1. The highest BCUT2D eigenvalue weighted by atomic mass is 31.0. The Balaban J connectivity index is 1.50. The van der Waals surface area contributed by atoms with E-state index in [1.54, 1.807) is 16.2 Å². The fourth-order valence-corrected chi connectivity index (χ4v) is 4.74. The van der Waals surface area contributed by atoms with Crippen LogP contribution < -0.4 is 0 Å². The van der Waals surface area contributed by atoms with Gasteiger partial charge in [0, 0.05) is 37.0 Å². The predicted octanol–water partition coefficient (Wildman–Crippen LogP) is 4.70. The molecule has 3 atom stereocenters. The molecule has 1 fully saturated rings. The van der Waals surface area contributed by atoms with Gasteiger partial charge in [-0.15, -0.1) is 0 Å². The third kappa shape index (κ3) is 3.92. The predicted molar refractivity (Wildman–Crippen MR) is 130 cm³/mol. The summed E-state index contributed by atoms with van der Waals surface area (Å²) in [6.07, 6.45) is 12.4. The second-order valence-electron chi connectivity index (χ2n) is 9.23. The highest BCUT2D eigenvalue weighted by molar-refractivity contribution is 7.16. The highest BCUT2D eigenvalue weighted by Gasteiger charge is 2.46. The lowest BCUT2D eigenvalue weighted by Gasteiger charge is -2.34. The maximum Gasteiger partial charge on any atom is 0.292 e. The van der Waals surface area contributed by atoms with Crippen LogP contribution in [0.15, 0.2) is 51.5 Å². The van der Waals surface area contributed by atoms with E-state index in [0.717, 1.165) is 35.5 Å². The number of carbonyl (C=O) groups excluding carboxylic acids is 1. The van der Waals surface area contributed by atoms with Crippen molar-refractivity contribution in [3.63, 3.8) is 0 Å². The summed E-state index contributed by atoms with van der Waals surface area (Å²) >= 11 is 0. The third-order valence-electron chi connectivity index (χ3n) is 6.84. The number of alkyl halides is 1. The quantitative estimate of drug-likeness (QED) is 0.476. The smallest absolute Gasteiger partial charge is 0.292 e. The van der Waals surface area contributed by atoms with E-state index in [2.05, 4.69) is 36.0 Å². The van der Waals surface area contributed by atoms with Crippen molar-refractivity contribution in [1.29, 1.82) is 0 Å². The molecular formula is C24H28FN6O2P. The Morgan fingerprint density at radius 1 is 1.53 bits per heavy atom. The average Bonchev–Trinajstić information content (AvgIpc) is 3.23. The van der Waals surface area contributed by atoms with Crippen LogP contribution in [0.25, 0.3) is 0 Å². The van der Waals surface area contributed by atoms with Crippen LogP contribution in [-0.2, 0) is 11.8 Å². The van der Waals surface area contributed by atoms with Gasteiger partial charge in [0.15, 0.2) is 5.91 Å². The first-order valence-corrected chi connectivity index (χ1v) is 12.0. The molecule has 0 spiro atoms. The molecule has 2 aromatic rings. The van der Waals surface area contributed by atoms with E-state index in [-0.39, 0.29) is 28.8 Å². The SMILES string of the molecule is C=NN1C=CC=C(C)/C1=C/C[C@H]1c2nc[nH]c2CCN1C(=O)c1oc(C2(C)CC2)nc1C(F)P. The number of allylic oxidation sites excluding steroid dienone is 3. The Morgan fingerprint density at radius 3 is 3.03 bits per heavy atom. The maximum absolute atomic E-state index is 14.5. The first kappa shape index (κ1) is 22.7. The monoisotopic (exact) mass is 482 g/mol. The van der Waals surface area contributed by atoms with Crippen molar-refractivity contribution in [3.8, 4) is 0 Å². The van der Waals surface area contributed by atoms with Crippen LogP contribution in [0.1, 0.15) is 78.6 Å². The number of halogens is 1. The normalized spacial score (nSPS) is 23.0. The van der Waals surface area contributed by atoms with Crippen LogP contribution >= 0.6 is 9.24 Å². The first-order valence-electron chi connectivity index (χ1n) is 11.4. The Labute approximate surface area is 199 Å². The number of hydrogen-bond acceptors (Lipinski definition) is 6. The zero-order chi connectivity index (χ0) is 24.0. The number of amides is 1. The molecule has 178 valence electrons. The fourth-order valence-electron chi connectivity index (χ4n) is 4.52. The molecule has 0 aromatic carbocycles. The van der Waals surface area contributed by atoms with Gasteiger partial charge in [0.2, 0.25) is 11.7 Å². The lowest BCUT2D eigenvalue weighted by molar-refractivity contribution is 0.0618. The number of hydrazone groups is 1. The molecule has 1 amide bonds. The van der Waals surface area contributed by atoms with Crippen LogP contribution in [-0.4, -0.2) is 44.0 Å². The zero-order valence-corrected chi connectivity index (χ0v) is 20.4. The van der Waals surface area contributed by atoms with Crippen LogP contribution in [0.4, 0.5) is 4.39 Å². The fraction of sp³-hybridized carbons (Fsp3) is 0.417. The molecule has 10 heteroatoms. The molecule has 4 heterocycles. The molecule has 0 bridgehead atoms. The van der Waals surface area contributed by atoms with Crippen LogP contribution in [0.2, 0.25) is 0 Å². The number of imidazole rings is 1. The minimum absolute atomic E-state index is 0.0201. The number of rotatable bonds is 6. The molecule has 0 radical (unpaired) electrons. The highest BCUT2D eigenvalue weighted by Crippen LogP contribution is 2.48. The summed E-state index contributed by atoms with van der Waals surface area (Å²) in [5.74, 6) is -1.43. The zero-order valence-electron chi connectivity index (χ0n) is 19.3. The van der Waals surface area contributed by atoms with E-state index in [0.29, 0.717) is 25.3 Å². The first-order chi connectivity index (χ1) is 16.3. The molecule has 2 aromatic heterocycles. The Morgan fingerprint density at radius 2 is 2.32 bits per heavy atom. The third-order valence-corrected chi connectivity index (χ3v) is 7.16. The molecule has 5 rings (SSSR count). The van der Waals surface area contributed by atoms with Gasteiger partial charge in [-0.3, -0.25) is 4.79 Å². The van der Waals surface area contributed by atoms with Crippen molar-refractivity contribution < 1.29 is 13.6 Å². The number of H-pyrrole nitrogens is 1. The number of aromatic nitrogens is 3. The Bertz CT molecular complexity index is 1220. The van der Waals surface area contributed by atoms with E-state index >= 15 is 0 Å². The number of aromatic amines is 1. The van der Waals surface area contributed by atoms with Crippen LogP contribution in [0.3, 0.4) is 0 Å². The average molecular weight is 483 g/mol. The second-order valence-corrected chi connectivity index (χ2v) is 9.81. The topological polar surface area (TPSA) is 90.6 Å². The molecule has 1 saturated carbocycles. The summed E-state index contributed by atoms with van der Waals surface area (Å²) in [7, 11) is 2.08. The number of carbonyl (C=O) groups is 1. The van der Waals surface area contributed by atoms with Crippen molar-refractivity contribution in [2.45, 2.75) is 56.9 Å². The molecule has 3 aliphatic rings. The summed E-state index contributed by atoms with van der Waals surface area (Å²) in [5, 5.41) is 5.76. The summed E-state index contributed by atoms with van der Waals surface area (Å²) in [6.45, 7) is 8.12. The molecular weight excluding hydrogens is 454 g/mol. The molecule has 2 aliphatic heterocycles. The van der Waals surface area contributed by atoms with Gasteiger partial charge in [-0.05, 0) is 37.8 Å². The number of nitrogens with one attached hydrogen (secondary N) is 1. The van der Waals surface area contributed by atoms with E-state index in [4.69, 9.17) is 4.42 Å². The standard InChI is InChI=1S/C24H28FN6O2P/c1-14-5-4-11-31(26-3)16(14)6-7-17-18-15(27-13-28-18)8-12-30(17)22(32)20-19(21(25)34)29-23(33-20)24(2)9-10-24/h4-6,11,13,17,21H,3,7-10,12,34H2,1-2H3,(H,27,28)/b16-6-/t17-,21?/m0/s1. The number of hydrogen-bond donors (Lipinski definition) is 1. The van der Waals surface area contributed by atoms with Crippen molar-refractivity contribution in [3.05, 3.63) is 70.8 Å². The van der Waals surface area contributed by atoms with E-state index in [1.807, 2.05) is 38.3 Å². The van der Waals surface area contributed by atoms with Gasteiger partial charge in [-0.1, -0.05) is 28.3 Å². The van der Waals surface area contributed by atoms with Crippen molar-refractivity contribution in [1.82, 2.24) is 24.9 Å². The van der Waals surface area contributed by atoms with Gasteiger partial charge < -0.3 is 14.3 Å². The van der Waals surface area contributed by atoms with Crippen LogP contribution in [0.5, 0.6) is 0 Å². The number of fused-ring (bicyclic) bond motifs is 1. The van der Waals surface area contributed by atoms with E-state index in [9.17, 15) is 9.18 Å². The van der Waals surface area contributed by atoms with Gasteiger partial charge in [-0.25, -0.2) is 19.4 Å². The minimum Gasteiger partial charge on any atom is -0.434 e. The second kappa shape index (κ2) is 8.62. The largest absolute Gasteiger partial charge is 0.434 e. The lowest BCUT2D eigenvalue weighted by atomic mass is 9.97. The van der Waals surface area contributed by atoms with Gasteiger partial charge in [0.1, 0.15) is 5.69 Å². The van der Waals surface area contributed by atoms with Gasteiger partial charge in [0.25, 0.3) is 5.91 Å². The minimum atomic E-state index is -1.49. The molecule has 0 saturated heterocycles. The summed E-state index contributed by atoms with van der Waals surface area (Å²) in [4.78, 5) is 27.6. The molecule has 2 unspecified atom stereocenters. The van der Waals surface area contributed by atoms with Gasteiger partial charge in [0.05, 0.1) is 23.8 Å². The van der Waals surface area contributed by atoms with Gasteiger partial charge >= 0.3 is 0 Å². The summed E-state index contributed by atoms with van der Waals surface area (Å²) in [5.41, 5.74) is 3.56. The van der Waals surface area contributed by atoms with E-state index < -0.39 is 5.91 Å². The van der Waals surface area contributed by atoms with Crippen molar-refractivity contribution in [2.24, 2.45) is 5.10 Å². The van der Waals surface area contributed by atoms with Crippen molar-refractivity contribution in [2.75, 3.05) is 6.54 Å². The molecule has 34 heavy (non-hydrogen) atoms. The Kier molecular flexibility index (Phi) is 5.76. The summed E-state index contributed by atoms with van der Waals surface area (Å²) in [6, 6.07) is -0.346. The molecule has 1 aliphatic carbocycles. The summed E-state index contributed by atoms with van der Waals surface area (Å²) < 4.78 is 20.4. The van der Waals surface area contributed by atoms with Gasteiger partial charge in [-0.2, -0.15) is 5.10 Å². The number of nitrogens with zero attached hydrogens (tertiary/aromatic N) is 5. The van der Waals surface area contributed by atoms with Crippen molar-refractivity contribution >= 4 is 21.9 Å². The van der Waals surface area contributed by atoms with Crippen LogP contribution in [0, 0.1) is 0 Å². The Hall–Kier alpha value is -3.06. The maximum atomic E-state index is 14.5. The van der Waals surface area contributed by atoms with E-state index in [1.165, 1.54) is 0 Å². The lowest BCUT2D eigenvalue weighted by Crippen LogP contribution is -2.40. The molecule has 8 nitrogen and oxygen atoms in total. The molecule has 1 N–H and O–H groups in total.